The molecule has 2 aromatic heterocycles. The van der Waals surface area contributed by atoms with Crippen LogP contribution in [0, 0.1) is 6.92 Å². The minimum atomic E-state index is -1.03. The first-order chi connectivity index (χ1) is 12.5. The molecule has 1 N–H and O–H groups in total. The fraction of sp³-hybridized carbons (Fsp3) is 0.389. The summed E-state index contributed by atoms with van der Waals surface area (Å²) in [5, 5.41) is 9.14. The van der Waals surface area contributed by atoms with Crippen LogP contribution >= 0.6 is 0 Å². The molecule has 0 bridgehead atoms. The predicted molar refractivity (Wildman–Crippen MR) is 92.8 cm³/mol. The Labute approximate surface area is 150 Å². The third-order valence-corrected chi connectivity index (χ3v) is 4.37. The van der Waals surface area contributed by atoms with Gasteiger partial charge in [0.25, 0.3) is 0 Å². The summed E-state index contributed by atoms with van der Waals surface area (Å²) in [5.74, 6) is -0.348. The van der Waals surface area contributed by atoms with Gasteiger partial charge in [-0.1, -0.05) is 0 Å². The number of pyridine rings is 1. The number of carboxylic acid groups (broad SMARTS) is 1. The van der Waals surface area contributed by atoms with Gasteiger partial charge in [0.1, 0.15) is 12.4 Å². The molecule has 1 fully saturated rings. The van der Waals surface area contributed by atoms with Crippen LogP contribution in [0.15, 0.2) is 24.5 Å². The zero-order chi connectivity index (χ0) is 18.7. The zero-order valence-electron chi connectivity index (χ0n) is 14.7. The molecule has 0 aromatic carbocycles. The largest absolute Gasteiger partial charge is 0.478 e. The quantitative estimate of drug-likeness (QED) is 0.865. The Morgan fingerprint density at radius 2 is 2.12 bits per heavy atom. The number of nitrogens with zero attached hydrogens (tertiary/aromatic N) is 4. The number of amides is 1. The molecule has 0 aliphatic carbocycles. The van der Waals surface area contributed by atoms with E-state index in [4.69, 9.17) is 9.84 Å². The lowest BCUT2D eigenvalue weighted by atomic mass is 10.0. The Hall–Kier alpha value is -2.87. The number of aromatic nitrogens is 3. The molecule has 1 amide bonds. The summed E-state index contributed by atoms with van der Waals surface area (Å²) < 4.78 is 4.91. The second-order valence-electron chi connectivity index (χ2n) is 6.25. The van der Waals surface area contributed by atoms with Gasteiger partial charge in [-0.25, -0.2) is 14.8 Å². The SMILES string of the molecule is COCC(=O)N1CC[C@@H](c2cc(-c3cncc(C(=O)O)c3)nc(C)n2)C1. The van der Waals surface area contributed by atoms with Gasteiger partial charge in [0.15, 0.2) is 0 Å². The molecule has 8 heteroatoms. The standard InChI is InChI=1S/C18H20N4O4/c1-11-20-15(12-3-4-22(9-12)17(23)10-26-2)6-16(21-11)13-5-14(18(24)25)8-19-7-13/h5-8,12H,3-4,9-10H2,1-2H3,(H,24,25)/t12-/m1/s1. The fourth-order valence-electron chi connectivity index (χ4n) is 3.09. The van der Waals surface area contributed by atoms with Crippen molar-refractivity contribution in [2.45, 2.75) is 19.3 Å². The van der Waals surface area contributed by atoms with Crippen LogP contribution in [0.4, 0.5) is 0 Å². The number of hydrogen-bond donors (Lipinski definition) is 1. The third kappa shape index (κ3) is 3.85. The van der Waals surface area contributed by atoms with E-state index < -0.39 is 5.97 Å². The summed E-state index contributed by atoms with van der Waals surface area (Å²) in [5.41, 5.74) is 2.21. The first kappa shape index (κ1) is 17.9. The first-order valence-electron chi connectivity index (χ1n) is 8.29. The average Bonchev–Trinajstić information content (AvgIpc) is 3.12. The zero-order valence-corrected chi connectivity index (χ0v) is 14.7. The molecule has 2 aromatic rings. The number of carbonyl (C=O) groups excluding carboxylic acids is 1. The van der Waals surface area contributed by atoms with Crippen LogP contribution in [0.1, 0.15) is 34.2 Å². The molecule has 136 valence electrons. The molecule has 1 saturated heterocycles. The highest BCUT2D eigenvalue weighted by atomic mass is 16.5. The highest BCUT2D eigenvalue weighted by molar-refractivity contribution is 5.88. The summed E-state index contributed by atoms with van der Waals surface area (Å²) in [6, 6.07) is 3.40. The number of hydrogen-bond acceptors (Lipinski definition) is 6. The third-order valence-electron chi connectivity index (χ3n) is 4.37. The maximum absolute atomic E-state index is 12.0. The molecule has 0 saturated carbocycles. The molecule has 0 unspecified atom stereocenters. The van der Waals surface area contributed by atoms with E-state index in [1.165, 1.54) is 13.3 Å². The molecule has 3 heterocycles. The molecule has 0 radical (unpaired) electrons. The fourth-order valence-corrected chi connectivity index (χ4v) is 3.09. The minimum absolute atomic E-state index is 0.0284. The summed E-state index contributed by atoms with van der Waals surface area (Å²) in [6.45, 7) is 3.13. The monoisotopic (exact) mass is 356 g/mol. The van der Waals surface area contributed by atoms with Crippen molar-refractivity contribution in [3.63, 3.8) is 0 Å². The summed E-state index contributed by atoms with van der Waals surface area (Å²) >= 11 is 0. The lowest BCUT2D eigenvalue weighted by Gasteiger charge is -2.16. The van der Waals surface area contributed by atoms with Crippen LogP contribution in [0.2, 0.25) is 0 Å². The van der Waals surface area contributed by atoms with Crippen LogP contribution in [0.25, 0.3) is 11.3 Å². The molecule has 8 nitrogen and oxygen atoms in total. The Morgan fingerprint density at radius 1 is 1.31 bits per heavy atom. The van der Waals surface area contributed by atoms with Gasteiger partial charge in [0.2, 0.25) is 5.91 Å². The van der Waals surface area contributed by atoms with Crippen LogP contribution in [-0.2, 0) is 9.53 Å². The molecule has 0 spiro atoms. The number of aromatic carboxylic acids is 1. The van der Waals surface area contributed by atoms with E-state index in [-0.39, 0.29) is 24.0 Å². The number of methoxy groups -OCH3 is 1. The number of rotatable bonds is 5. The van der Waals surface area contributed by atoms with E-state index in [1.54, 1.807) is 24.1 Å². The normalized spacial score (nSPS) is 16.7. The van der Waals surface area contributed by atoms with Crippen molar-refractivity contribution in [1.82, 2.24) is 19.9 Å². The van der Waals surface area contributed by atoms with Crippen molar-refractivity contribution in [2.24, 2.45) is 0 Å². The number of aryl methyl sites for hydroxylation is 1. The number of ether oxygens (including phenoxy) is 1. The predicted octanol–water partition coefficient (Wildman–Crippen LogP) is 1.51. The van der Waals surface area contributed by atoms with Crippen molar-refractivity contribution in [3.05, 3.63) is 41.6 Å². The highest BCUT2D eigenvalue weighted by Gasteiger charge is 2.28. The molecule has 1 aliphatic heterocycles. The second-order valence-corrected chi connectivity index (χ2v) is 6.25. The van der Waals surface area contributed by atoms with Gasteiger partial charge in [-0.15, -0.1) is 0 Å². The van der Waals surface area contributed by atoms with Gasteiger partial charge < -0.3 is 14.7 Å². The topological polar surface area (TPSA) is 106 Å². The van der Waals surface area contributed by atoms with Crippen molar-refractivity contribution in [2.75, 3.05) is 26.8 Å². The smallest absolute Gasteiger partial charge is 0.337 e. The van der Waals surface area contributed by atoms with Crippen molar-refractivity contribution < 1.29 is 19.4 Å². The molecule has 1 atom stereocenters. The van der Waals surface area contributed by atoms with Crippen molar-refractivity contribution in [1.29, 1.82) is 0 Å². The molecule has 1 aliphatic rings. The molecule has 3 rings (SSSR count). The van der Waals surface area contributed by atoms with E-state index in [1.807, 2.05) is 6.07 Å². The van der Waals surface area contributed by atoms with E-state index in [0.717, 1.165) is 12.1 Å². The van der Waals surface area contributed by atoms with E-state index in [9.17, 15) is 9.59 Å². The summed E-state index contributed by atoms with van der Waals surface area (Å²) in [7, 11) is 1.50. The van der Waals surface area contributed by atoms with Crippen molar-refractivity contribution >= 4 is 11.9 Å². The maximum Gasteiger partial charge on any atom is 0.337 e. The number of likely N-dealkylation sites (tertiary alicyclic amines) is 1. The van der Waals surface area contributed by atoms with Crippen molar-refractivity contribution in [3.8, 4) is 11.3 Å². The maximum atomic E-state index is 12.0. The van der Waals surface area contributed by atoms with Gasteiger partial charge in [-0.05, 0) is 25.5 Å². The lowest BCUT2D eigenvalue weighted by molar-refractivity contribution is -0.134. The Bertz CT molecular complexity index is 840. The van der Waals surface area contributed by atoms with Gasteiger partial charge in [-0.2, -0.15) is 0 Å². The van der Waals surface area contributed by atoms with Gasteiger partial charge in [0, 0.05) is 49.8 Å². The van der Waals surface area contributed by atoms with Crippen LogP contribution in [0.3, 0.4) is 0 Å². The van der Waals surface area contributed by atoms with Gasteiger partial charge >= 0.3 is 5.97 Å². The molecular weight excluding hydrogens is 336 g/mol. The van der Waals surface area contributed by atoms with Crippen LogP contribution in [0.5, 0.6) is 0 Å². The Morgan fingerprint density at radius 3 is 2.85 bits per heavy atom. The van der Waals surface area contributed by atoms with E-state index in [0.29, 0.717) is 30.2 Å². The van der Waals surface area contributed by atoms with E-state index in [2.05, 4.69) is 15.0 Å². The van der Waals surface area contributed by atoms with Gasteiger partial charge in [-0.3, -0.25) is 9.78 Å². The number of carboxylic acids is 1. The van der Waals surface area contributed by atoms with Crippen LogP contribution in [-0.4, -0.2) is 63.6 Å². The van der Waals surface area contributed by atoms with Crippen LogP contribution < -0.4 is 0 Å². The second kappa shape index (κ2) is 7.57. The Balaban J connectivity index is 1.86. The average molecular weight is 356 g/mol. The number of carbonyl (C=O) groups is 2. The van der Waals surface area contributed by atoms with Gasteiger partial charge in [0.05, 0.1) is 11.3 Å². The van der Waals surface area contributed by atoms with E-state index >= 15 is 0 Å². The summed E-state index contributed by atoms with van der Waals surface area (Å²) in [4.78, 5) is 37.8. The summed E-state index contributed by atoms with van der Waals surface area (Å²) in [6.07, 6.45) is 3.71. The molecule has 26 heavy (non-hydrogen) atoms. The minimum Gasteiger partial charge on any atom is -0.478 e. The Kier molecular flexibility index (Phi) is 5.22. The highest BCUT2D eigenvalue weighted by Crippen LogP contribution is 2.28. The molecular formula is C18H20N4O4. The lowest BCUT2D eigenvalue weighted by Crippen LogP contribution is -2.31. The first-order valence-corrected chi connectivity index (χ1v) is 8.29.